The third-order valence-corrected chi connectivity index (χ3v) is 4.86. The van der Waals surface area contributed by atoms with Crippen LogP contribution in [0.5, 0.6) is 0 Å². The summed E-state index contributed by atoms with van der Waals surface area (Å²) < 4.78 is 13.8. The summed E-state index contributed by atoms with van der Waals surface area (Å²) >= 11 is 2.80. The zero-order valence-electron chi connectivity index (χ0n) is 12.3. The third kappa shape index (κ3) is 4.74. The van der Waals surface area contributed by atoms with Crippen LogP contribution in [0.25, 0.3) is 0 Å². The molecule has 2 heterocycles. The maximum absolute atomic E-state index is 13.1. The van der Waals surface area contributed by atoms with Gasteiger partial charge in [-0.3, -0.25) is 10.3 Å². The fraction of sp³-hybridized carbons (Fsp3) is 0.0667. The van der Waals surface area contributed by atoms with Gasteiger partial charge in [0.05, 0.1) is 0 Å². The third-order valence-electron chi connectivity index (χ3n) is 2.82. The van der Waals surface area contributed by atoms with Crippen molar-refractivity contribution in [3.63, 3.8) is 0 Å². The van der Waals surface area contributed by atoms with Gasteiger partial charge in [-0.25, -0.2) is 9.18 Å². The van der Waals surface area contributed by atoms with Crippen molar-refractivity contribution in [3.8, 4) is 0 Å². The molecule has 3 rings (SSSR count). The number of benzene rings is 1. The number of amides is 2. The van der Waals surface area contributed by atoms with E-state index in [1.807, 2.05) is 12.1 Å². The van der Waals surface area contributed by atoms with Crippen LogP contribution in [0.15, 0.2) is 53.1 Å². The second kappa shape index (κ2) is 7.84. The molecule has 0 unspecified atom stereocenters. The fourth-order valence-corrected chi connectivity index (χ4v) is 3.47. The van der Waals surface area contributed by atoms with Crippen molar-refractivity contribution >= 4 is 39.9 Å². The Bertz CT molecular complexity index is 827. The first-order chi connectivity index (χ1) is 11.7. The summed E-state index contributed by atoms with van der Waals surface area (Å²) in [5.74, 6) is 0.325. The van der Waals surface area contributed by atoms with Gasteiger partial charge in [0.1, 0.15) is 5.82 Å². The molecule has 0 saturated carbocycles. The highest BCUT2D eigenvalue weighted by Gasteiger charge is 2.09. The van der Waals surface area contributed by atoms with Crippen LogP contribution in [0.3, 0.4) is 0 Å². The molecule has 2 aromatic heterocycles. The van der Waals surface area contributed by atoms with Gasteiger partial charge < -0.3 is 5.32 Å². The summed E-state index contributed by atoms with van der Waals surface area (Å²) in [5, 5.41) is 13.4. The molecule has 0 aliphatic carbocycles. The molecule has 9 heteroatoms. The van der Waals surface area contributed by atoms with Gasteiger partial charge in [-0.05, 0) is 35.9 Å². The van der Waals surface area contributed by atoms with E-state index >= 15 is 0 Å². The Morgan fingerprint density at radius 2 is 2.00 bits per heavy atom. The lowest BCUT2D eigenvalue weighted by Gasteiger charge is -2.04. The molecule has 2 amide bonds. The number of pyridine rings is 1. The average molecular weight is 361 g/mol. The van der Waals surface area contributed by atoms with Gasteiger partial charge in [-0.15, -0.1) is 10.2 Å². The van der Waals surface area contributed by atoms with Crippen LogP contribution < -0.4 is 10.6 Å². The van der Waals surface area contributed by atoms with Gasteiger partial charge in [0, 0.05) is 23.8 Å². The first-order valence-electron chi connectivity index (χ1n) is 6.88. The van der Waals surface area contributed by atoms with Crippen molar-refractivity contribution in [1.82, 2.24) is 15.2 Å². The summed E-state index contributed by atoms with van der Waals surface area (Å²) in [7, 11) is 0. The van der Waals surface area contributed by atoms with Gasteiger partial charge in [0.2, 0.25) is 5.13 Å². The van der Waals surface area contributed by atoms with E-state index < -0.39 is 11.8 Å². The number of urea groups is 1. The lowest BCUT2D eigenvalue weighted by molar-refractivity contribution is 0.262. The maximum Gasteiger partial charge on any atom is 0.325 e. The first kappa shape index (κ1) is 16.3. The molecule has 0 aliphatic rings. The zero-order chi connectivity index (χ0) is 16.8. The number of hydrogen-bond donors (Lipinski definition) is 2. The molecule has 0 aliphatic heterocycles. The number of aromatic nitrogens is 3. The largest absolute Gasteiger partial charge is 0.325 e. The number of rotatable bonds is 5. The number of halogens is 1. The molecule has 0 spiro atoms. The Balaban J connectivity index is 1.53. The number of nitrogens with zero attached hydrogens (tertiary/aromatic N) is 3. The Kier molecular flexibility index (Phi) is 5.34. The lowest BCUT2D eigenvalue weighted by atomic mass is 10.3. The molecule has 24 heavy (non-hydrogen) atoms. The average Bonchev–Trinajstić information content (AvgIpc) is 3.01. The number of carbonyl (C=O) groups excluding carboxylic acids is 1. The van der Waals surface area contributed by atoms with Gasteiger partial charge in [-0.1, -0.05) is 29.2 Å². The highest BCUT2D eigenvalue weighted by molar-refractivity contribution is 8.00. The first-order valence-corrected chi connectivity index (χ1v) is 8.68. The van der Waals surface area contributed by atoms with E-state index in [1.165, 1.54) is 41.3 Å². The van der Waals surface area contributed by atoms with Crippen molar-refractivity contribution in [3.05, 3.63) is 60.2 Å². The van der Waals surface area contributed by atoms with Gasteiger partial charge >= 0.3 is 6.03 Å². The number of carbonyl (C=O) groups is 1. The second-order valence-corrected chi connectivity index (χ2v) is 6.81. The number of hydrogen-bond acceptors (Lipinski definition) is 6. The standard InChI is InChI=1S/C15H12FN5OS2/c16-11-2-1-3-12(8-11)18-13(22)19-14-20-21-15(24-14)23-9-10-4-6-17-7-5-10/h1-8H,9H2,(H2,18,19,20,22). The molecular formula is C15H12FN5OS2. The van der Waals surface area contributed by atoms with Crippen molar-refractivity contribution < 1.29 is 9.18 Å². The van der Waals surface area contributed by atoms with Gasteiger partial charge in [-0.2, -0.15) is 0 Å². The summed E-state index contributed by atoms with van der Waals surface area (Å²) in [6.45, 7) is 0. The highest BCUT2D eigenvalue weighted by atomic mass is 32.2. The van der Waals surface area contributed by atoms with Crippen LogP contribution in [0.4, 0.5) is 20.0 Å². The Labute approximate surface area is 145 Å². The molecule has 0 fully saturated rings. The topological polar surface area (TPSA) is 79.8 Å². The fourth-order valence-electron chi connectivity index (χ4n) is 1.77. The quantitative estimate of drug-likeness (QED) is 0.530. The van der Waals surface area contributed by atoms with E-state index in [4.69, 9.17) is 0 Å². The molecule has 0 atom stereocenters. The lowest BCUT2D eigenvalue weighted by Crippen LogP contribution is -2.19. The smallest absolute Gasteiger partial charge is 0.308 e. The molecule has 1 aromatic carbocycles. The molecule has 0 radical (unpaired) electrons. The molecule has 2 N–H and O–H groups in total. The molecule has 3 aromatic rings. The molecule has 0 bridgehead atoms. The Morgan fingerprint density at radius 1 is 1.17 bits per heavy atom. The van der Waals surface area contributed by atoms with Gasteiger partial charge in [0.15, 0.2) is 4.34 Å². The van der Waals surface area contributed by atoms with E-state index in [-0.39, 0.29) is 0 Å². The SMILES string of the molecule is O=C(Nc1cccc(F)c1)Nc1nnc(SCc2ccncc2)s1. The maximum atomic E-state index is 13.1. The van der Waals surface area contributed by atoms with E-state index in [0.717, 1.165) is 15.7 Å². The zero-order valence-corrected chi connectivity index (χ0v) is 13.9. The van der Waals surface area contributed by atoms with Crippen LogP contribution in [0.2, 0.25) is 0 Å². The van der Waals surface area contributed by atoms with Crippen LogP contribution in [-0.2, 0) is 5.75 Å². The van der Waals surface area contributed by atoms with Crippen LogP contribution >= 0.6 is 23.1 Å². The Hall–Kier alpha value is -2.52. The summed E-state index contributed by atoms with van der Waals surface area (Å²) in [4.78, 5) is 15.8. The number of nitrogens with one attached hydrogen (secondary N) is 2. The van der Waals surface area contributed by atoms with Crippen LogP contribution in [0.1, 0.15) is 5.56 Å². The molecule has 0 saturated heterocycles. The predicted octanol–water partition coefficient (Wildman–Crippen LogP) is 4.01. The van der Waals surface area contributed by atoms with Crippen molar-refractivity contribution in [2.45, 2.75) is 10.1 Å². The molecular weight excluding hydrogens is 349 g/mol. The van der Waals surface area contributed by atoms with Crippen molar-refractivity contribution in [2.75, 3.05) is 10.6 Å². The van der Waals surface area contributed by atoms with Crippen molar-refractivity contribution in [2.24, 2.45) is 0 Å². The minimum Gasteiger partial charge on any atom is -0.308 e. The minimum absolute atomic E-state index is 0.365. The number of thioether (sulfide) groups is 1. The Morgan fingerprint density at radius 3 is 2.79 bits per heavy atom. The van der Waals surface area contributed by atoms with Crippen LogP contribution in [0, 0.1) is 5.82 Å². The highest BCUT2D eigenvalue weighted by Crippen LogP contribution is 2.28. The molecule has 122 valence electrons. The van der Waals surface area contributed by atoms with E-state index in [9.17, 15) is 9.18 Å². The number of anilines is 2. The van der Waals surface area contributed by atoms with E-state index in [2.05, 4.69) is 25.8 Å². The second-order valence-electron chi connectivity index (χ2n) is 4.61. The summed E-state index contributed by atoms with van der Waals surface area (Å²) in [6, 6.07) is 9.01. The normalized spacial score (nSPS) is 10.4. The van der Waals surface area contributed by atoms with E-state index in [1.54, 1.807) is 18.5 Å². The van der Waals surface area contributed by atoms with Crippen molar-refractivity contribution in [1.29, 1.82) is 0 Å². The van der Waals surface area contributed by atoms with E-state index in [0.29, 0.717) is 10.8 Å². The predicted molar refractivity (Wildman–Crippen MR) is 92.7 cm³/mol. The molecule has 6 nitrogen and oxygen atoms in total. The monoisotopic (exact) mass is 361 g/mol. The van der Waals surface area contributed by atoms with Gasteiger partial charge in [0.25, 0.3) is 0 Å². The summed E-state index contributed by atoms with van der Waals surface area (Å²) in [6.07, 6.45) is 3.47. The summed E-state index contributed by atoms with van der Waals surface area (Å²) in [5.41, 5.74) is 1.49. The van der Waals surface area contributed by atoms with Crippen LogP contribution in [-0.4, -0.2) is 21.2 Å². The minimum atomic E-state index is -0.498.